The van der Waals surface area contributed by atoms with Crippen molar-refractivity contribution in [3.63, 3.8) is 0 Å². The van der Waals surface area contributed by atoms with Gasteiger partial charge in [-0.3, -0.25) is 0 Å². The molecule has 1 fully saturated rings. The quantitative estimate of drug-likeness (QED) is 0.743. The van der Waals surface area contributed by atoms with Crippen molar-refractivity contribution in [3.8, 4) is 0 Å². The lowest BCUT2D eigenvalue weighted by Crippen LogP contribution is -2.44. The van der Waals surface area contributed by atoms with E-state index < -0.39 is 10.2 Å². The van der Waals surface area contributed by atoms with E-state index in [-0.39, 0.29) is 0 Å². The molecule has 0 unspecified atom stereocenters. The molecule has 3 heterocycles. The molecule has 0 bridgehead atoms. The van der Waals surface area contributed by atoms with Gasteiger partial charge in [0.05, 0.1) is 11.9 Å². The van der Waals surface area contributed by atoms with Gasteiger partial charge < -0.3 is 4.90 Å². The third-order valence-electron chi connectivity index (χ3n) is 4.93. The van der Waals surface area contributed by atoms with Crippen molar-refractivity contribution in [3.05, 3.63) is 29.7 Å². The Morgan fingerprint density at radius 2 is 1.88 bits per heavy atom. The molecule has 2 aromatic rings. The van der Waals surface area contributed by atoms with Crippen molar-refractivity contribution in [2.45, 2.75) is 25.8 Å². The number of hydrogen-bond acceptors (Lipinski definition) is 5. The van der Waals surface area contributed by atoms with Gasteiger partial charge in [0.1, 0.15) is 0 Å². The lowest BCUT2D eigenvalue weighted by atomic mass is 9.91. The summed E-state index contributed by atoms with van der Waals surface area (Å²) in [5.74, 6) is 0.444. The van der Waals surface area contributed by atoms with Crippen LogP contribution in [0, 0.1) is 5.92 Å². The monoisotopic (exact) mass is 380 g/mol. The van der Waals surface area contributed by atoms with Gasteiger partial charge in [0, 0.05) is 51.6 Å². The number of rotatable bonds is 6. The van der Waals surface area contributed by atoms with Crippen LogP contribution in [-0.4, -0.2) is 77.8 Å². The molecular formula is C17H28N6O2S. The zero-order chi connectivity index (χ0) is 18.9. The van der Waals surface area contributed by atoms with E-state index >= 15 is 0 Å². The van der Waals surface area contributed by atoms with Crippen molar-refractivity contribution in [2.75, 3.05) is 41.3 Å². The van der Waals surface area contributed by atoms with E-state index in [1.54, 1.807) is 24.6 Å². The van der Waals surface area contributed by atoms with E-state index in [0.717, 1.165) is 31.5 Å². The summed E-state index contributed by atoms with van der Waals surface area (Å²) in [6.07, 6.45) is 6.33. The van der Waals surface area contributed by atoms with Crippen LogP contribution in [-0.2, 0) is 23.2 Å². The maximum Gasteiger partial charge on any atom is 0.281 e. The van der Waals surface area contributed by atoms with Crippen LogP contribution in [0.1, 0.15) is 24.1 Å². The number of fused-ring (bicyclic) bond motifs is 1. The second-order valence-corrected chi connectivity index (χ2v) is 9.55. The maximum absolute atomic E-state index is 12.3. The number of nitrogens with zero attached hydrogens (tertiary/aromatic N) is 6. The van der Waals surface area contributed by atoms with E-state index in [0.29, 0.717) is 19.0 Å². The first-order chi connectivity index (χ1) is 12.3. The van der Waals surface area contributed by atoms with Crippen molar-refractivity contribution >= 4 is 15.9 Å². The first kappa shape index (κ1) is 19.2. The molecule has 0 spiro atoms. The first-order valence-corrected chi connectivity index (χ1v) is 10.3. The Balaban J connectivity index is 1.77. The molecule has 0 radical (unpaired) electrons. The molecule has 0 aliphatic carbocycles. The second-order valence-electron chi connectivity index (χ2n) is 7.41. The fourth-order valence-corrected chi connectivity index (χ4v) is 4.63. The molecule has 0 N–H and O–H groups in total. The summed E-state index contributed by atoms with van der Waals surface area (Å²) in [6, 6.07) is 1.91. The zero-order valence-electron chi connectivity index (χ0n) is 16.0. The van der Waals surface area contributed by atoms with Crippen LogP contribution < -0.4 is 0 Å². The smallest absolute Gasteiger partial charge is 0.281 e. The van der Waals surface area contributed by atoms with Crippen molar-refractivity contribution < 1.29 is 8.42 Å². The Labute approximate surface area is 155 Å². The summed E-state index contributed by atoms with van der Waals surface area (Å²) >= 11 is 0. The lowest BCUT2D eigenvalue weighted by molar-refractivity contribution is 0.259. The highest BCUT2D eigenvalue weighted by atomic mass is 32.2. The van der Waals surface area contributed by atoms with E-state index in [1.807, 2.05) is 30.9 Å². The molecule has 0 saturated carbocycles. The SMILES string of the molecule is CN(C)Cc1cnc2ccnn2c1CC1CCN(S(=O)(=O)N(C)C)CC1. The summed E-state index contributed by atoms with van der Waals surface area (Å²) in [6.45, 7) is 1.95. The molecule has 1 aliphatic rings. The minimum absolute atomic E-state index is 0.444. The van der Waals surface area contributed by atoms with Crippen LogP contribution in [0.25, 0.3) is 5.65 Å². The van der Waals surface area contributed by atoms with Crippen molar-refractivity contribution in [1.82, 2.24) is 28.1 Å². The van der Waals surface area contributed by atoms with Gasteiger partial charge in [-0.25, -0.2) is 9.50 Å². The van der Waals surface area contributed by atoms with E-state index in [2.05, 4.69) is 15.0 Å². The molecule has 1 aliphatic heterocycles. The minimum Gasteiger partial charge on any atom is -0.305 e. The molecule has 8 nitrogen and oxygen atoms in total. The fourth-order valence-electron chi connectivity index (χ4n) is 3.50. The molecule has 3 rings (SSSR count). The third kappa shape index (κ3) is 3.90. The van der Waals surface area contributed by atoms with Gasteiger partial charge in [-0.2, -0.15) is 22.1 Å². The van der Waals surface area contributed by atoms with Gasteiger partial charge in [-0.05, 0) is 39.3 Å². The Kier molecular flexibility index (Phi) is 5.61. The van der Waals surface area contributed by atoms with Gasteiger partial charge in [0.15, 0.2) is 5.65 Å². The van der Waals surface area contributed by atoms with Gasteiger partial charge in [-0.15, -0.1) is 0 Å². The van der Waals surface area contributed by atoms with Gasteiger partial charge in [0.2, 0.25) is 0 Å². The Morgan fingerprint density at radius 3 is 2.50 bits per heavy atom. The van der Waals surface area contributed by atoms with Crippen LogP contribution >= 0.6 is 0 Å². The predicted octanol–water partition coefficient (Wildman–Crippen LogP) is 0.852. The Morgan fingerprint density at radius 1 is 1.19 bits per heavy atom. The van der Waals surface area contributed by atoms with E-state index in [1.165, 1.54) is 15.6 Å². The lowest BCUT2D eigenvalue weighted by Gasteiger charge is -2.33. The van der Waals surface area contributed by atoms with Gasteiger partial charge in [0.25, 0.3) is 10.2 Å². The first-order valence-electron chi connectivity index (χ1n) is 8.92. The highest BCUT2D eigenvalue weighted by Crippen LogP contribution is 2.25. The number of hydrogen-bond donors (Lipinski definition) is 0. The Hall–Kier alpha value is -1.55. The number of aromatic nitrogens is 3. The topological polar surface area (TPSA) is 74.0 Å². The third-order valence-corrected chi connectivity index (χ3v) is 6.87. The van der Waals surface area contributed by atoms with Crippen LogP contribution in [0.2, 0.25) is 0 Å². The molecule has 26 heavy (non-hydrogen) atoms. The highest BCUT2D eigenvalue weighted by Gasteiger charge is 2.30. The standard InChI is InChI=1S/C17H28N6O2S/c1-20(2)13-15-12-18-17-5-8-19-23(17)16(15)11-14-6-9-22(10-7-14)26(24,25)21(3)4/h5,8,12,14H,6-7,9-11,13H2,1-4H3. The summed E-state index contributed by atoms with van der Waals surface area (Å²) in [4.78, 5) is 6.62. The molecule has 2 aromatic heterocycles. The maximum atomic E-state index is 12.3. The average Bonchev–Trinajstić information content (AvgIpc) is 3.06. The van der Waals surface area contributed by atoms with E-state index in [9.17, 15) is 8.42 Å². The van der Waals surface area contributed by atoms with Crippen LogP contribution in [0.5, 0.6) is 0 Å². The largest absolute Gasteiger partial charge is 0.305 e. The Bertz CT molecular complexity index is 853. The highest BCUT2D eigenvalue weighted by molar-refractivity contribution is 7.86. The second kappa shape index (κ2) is 7.59. The molecule has 0 atom stereocenters. The van der Waals surface area contributed by atoms with Crippen LogP contribution in [0.15, 0.2) is 18.5 Å². The van der Waals surface area contributed by atoms with Crippen LogP contribution in [0.4, 0.5) is 0 Å². The fraction of sp³-hybridized carbons (Fsp3) is 0.647. The molecule has 144 valence electrons. The summed E-state index contributed by atoms with van der Waals surface area (Å²) in [5.41, 5.74) is 3.22. The molecule has 0 aromatic carbocycles. The van der Waals surface area contributed by atoms with Gasteiger partial charge >= 0.3 is 0 Å². The minimum atomic E-state index is -3.31. The van der Waals surface area contributed by atoms with Gasteiger partial charge in [-0.1, -0.05) is 0 Å². The molecule has 1 saturated heterocycles. The molecule has 0 amide bonds. The normalized spacial score (nSPS) is 17.6. The van der Waals surface area contributed by atoms with Crippen molar-refractivity contribution in [1.29, 1.82) is 0 Å². The van der Waals surface area contributed by atoms with Crippen molar-refractivity contribution in [2.24, 2.45) is 5.92 Å². The predicted molar refractivity (Wildman–Crippen MR) is 101 cm³/mol. The number of piperidine rings is 1. The zero-order valence-corrected chi connectivity index (χ0v) is 16.8. The van der Waals surface area contributed by atoms with Crippen LogP contribution in [0.3, 0.4) is 0 Å². The summed E-state index contributed by atoms with van der Waals surface area (Å²) in [7, 11) is 3.94. The summed E-state index contributed by atoms with van der Waals surface area (Å²) in [5, 5.41) is 4.45. The molecular weight excluding hydrogens is 352 g/mol. The average molecular weight is 381 g/mol. The summed E-state index contributed by atoms with van der Waals surface area (Å²) < 4.78 is 29.4. The molecule has 9 heteroatoms. The van der Waals surface area contributed by atoms with E-state index in [4.69, 9.17) is 0 Å².